The van der Waals surface area contributed by atoms with Gasteiger partial charge in [0.05, 0.1) is 0 Å². The van der Waals surface area contributed by atoms with Crippen molar-refractivity contribution in [3.05, 3.63) is 29.8 Å². The van der Waals surface area contributed by atoms with Gasteiger partial charge in [0.15, 0.2) is 0 Å². The third-order valence-electron chi connectivity index (χ3n) is 2.88. The molecule has 2 heteroatoms. The van der Waals surface area contributed by atoms with Gasteiger partial charge in [-0.15, -0.1) is 0 Å². The SMILES string of the molecule is CC(C)CNCC(C)CCc1cccc(O)c1. The Morgan fingerprint density at radius 1 is 1.18 bits per heavy atom. The van der Waals surface area contributed by atoms with Crippen LogP contribution in [0, 0.1) is 11.8 Å². The summed E-state index contributed by atoms with van der Waals surface area (Å²) in [5, 5.41) is 12.9. The van der Waals surface area contributed by atoms with E-state index in [1.807, 2.05) is 12.1 Å². The number of hydrogen-bond donors (Lipinski definition) is 2. The van der Waals surface area contributed by atoms with Crippen LogP contribution in [-0.2, 0) is 6.42 Å². The average Bonchev–Trinajstić information content (AvgIpc) is 2.26. The van der Waals surface area contributed by atoms with Gasteiger partial charge in [0.25, 0.3) is 0 Å². The summed E-state index contributed by atoms with van der Waals surface area (Å²) in [5.41, 5.74) is 1.22. The zero-order valence-corrected chi connectivity index (χ0v) is 11.2. The molecule has 96 valence electrons. The predicted molar refractivity (Wildman–Crippen MR) is 73.3 cm³/mol. The molecule has 0 saturated carbocycles. The second kappa shape index (κ2) is 7.33. The molecule has 0 fully saturated rings. The third kappa shape index (κ3) is 6.32. The Hall–Kier alpha value is -1.02. The topological polar surface area (TPSA) is 32.3 Å². The lowest BCUT2D eigenvalue weighted by atomic mass is 10.0. The maximum Gasteiger partial charge on any atom is 0.115 e. The number of rotatable bonds is 7. The van der Waals surface area contributed by atoms with Gasteiger partial charge < -0.3 is 10.4 Å². The van der Waals surface area contributed by atoms with Crippen LogP contribution >= 0.6 is 0 Å². The molecule has 1 unspecified atom stereocenters. The monoisotopic (exact) mass is 235 g/mol. The van der Waals surface area contributed by atoms with Crippen molar-refractivity contribution >= 4 is 0 Å². The normalized spacial score (nSPS) is 12.9. The number of phenols is 1. The van der Waals surface area contributed by atoms with E-state index in [0.29, 0.717) is 17.6 Å². The molecule has 1 aromatic carbocycles. The molecule has 0 saturated heterocycles. The van der Waals surface area contributed by atoms with E-state index in [1.165, 1.54) is 5.56 Å². The maximum atomic E-state index is 9.37. The Labute approximate surface area is 105 Å². The fourth-order valence-electron chi connectivity index (χ4n) is 1.85. The number of nitrogens with one attached hydrogen (secondary N) is 1. The highest BCUT2D eigenvalue weighted by atomic mass is 16.3. The van der Waals surface area contributed by atoms with E-state index in [4.69, 9.17) is 0 Å². The Bertz CT molecular complexity index is 322. The standard InChI is InChI=1S/C15H25NO/c1-12(2)10-16-11-13(3)7-8-14-5-4-6-15(17)9-14/h4-6,9,12-13,16-17H,7-8,10-11H2,1-3H3. The summed E-state index contributed by atoms with van der Waals surface area (Å²) < 4.78 is 0. The third-order valence-corrected chi connectivity index (χ3v) is 2.88. The zero-order chi connectivity index (χ0) is 12.7. The van der Waals surface area contributed by atoms with Crippen molar-refractivity contribution < 1.29 is 5.11 Å². The quantitative estimate of drug-likeness (QED) is 0.760. The molecule has 0 aliphatic carbocycles. The van der Waals surface area contributed by atoms with E-state index < -0.39 is 0 Å². The van der Waals surface area contributed by atoms with Crippen LogP contribution in [0.4, 0.5) is 0 Å². The van der Waals surface area contributed by atoms with Gasteiger partial charge in [-0.05, 0) is 55.5 Å². The summed E-state index contributed by atoms with van der Waals surface area (Å²) in [6.07, 6.45) is 2.20. The van der Waals surface area contributed by atoms with Crippen molar-refractivity contribution in [2.45, 2.75) is 33.6 Å². The lowest BCUT2D eigenvalue weighted by Gasteiger charge is -2.14. The van der Waals surface area contributed by atoms with Crippen LogP contribution in [0.2, 0.25) is 0 Å². The van der Waals surface area contributed by atoms with Crippen LogP contribution in [-0.4, -0.2) is 18.2 Å². The number of phenolic OH excluding ortho intramolecular Hbond substituents is 1. The molecule has 17 heavy (non-hydrogen) atoms. The number of aryl methyl sites for hydroxylation is 1. The van der Waals surface area contributed by atoms with E-state index in [-0.39, 0.29) is 0 Å². The molecular formula is C15H25NO. The molecule has 1 atom stereocenters. The summed E-state index contributed by atoms with van der Waals surface area (Å²) >= 11 is 0. The minimum absolute atomic E-state index is 0.369. The lowest BCUT2D eigenvalue weighted by Crippen LogP contribution is -2.25. The molecule has 0 aliphatic heterocycles. The van der Waals surface area contributed by atoms with E-state index in [2.05, 4.69) is 32.2 Å². The van der Waals surface area contributed by atoms with Crippen molar-refractivity contribution in [3.8, 4) is 5.75 Å². The number of aromatic hydroxyl groups is 1. The summed E-state index contributed by atoms with van der Waals surface area (Å²) in [4.78, 5) is 0. The largest absolute Gasteiger partial charge is 0.508 e. The van der Waals surface area contributed by atoms with Crippen molar-refractivity contribution in [2.24, 2.45) is 11.8 Å². The lowest BCUT2D eigenvalue weighted by molar-refractivity contribution is 0.452. The van der Waals surface area contributed by atoms with E-state index >= 15 is 0 Å². The fraction of sp³-hybridized carbons (Fsp3) is 0.600. The number of hydrogen-bond acceptors (Lipinski definition) is 2. The Morgan fingerprint density at radius 3 is 2.59 bits per heavy atom. The Balaban J connectivity index is 2.21. The fourth-order valence-corrected chi connectivity index (χ4v) is 1.85. The molecule has 1 aromatic rings. The van der Waals surface area contributed by atoms with Gasteiger partial charge in [-0.25, -0.2) is 0 Å². The zero-order valence-electron chi connectivity index (χ0n) is 11.2. The van der Waals surface area contributed by atoms with Gasteiger partial charge in [-0.2, -0.15) is 0 Å². The second-order valence-electron chi connectivity index (χ2n) is 5.37. The van der Waals surface area contributed by atoms with E-state index in [0.717, 1.165) is 25.9 Å². The molecule has 0 aliphatic rings. The van der Waals surface area contributed by atoms with Gasteiger partial charge in [0, 0.05) is 0 Å². The van der Waals surface area contributed by atoms with Crippen molar-refractivity contribution in [2.75, 3.05) is 13.1 Å². The van der Waals surface area contributed by atoms with E-state index in [9.17, 15) is 5.11 Å². The molecule has 0 amide bonds. The molecule has 0 aromatic heterocycles. The first-order chi connectivity index (χ1) is 8.08. The highest BCUT2D eigenvalue weighted by molar-refractivity contribution is 5.27. The molecule has 0 spiro atoms. The molecule has 1 rings (SSSR count). The first kappa shape index (κ1) is 14.0. The van der Waals surface area contributed by atoms with E-state index in [1.54, 1.807) is 6.07 Å². The van der Waals surface area contributed by atoms with Gasteiger partial charge in [-0.3, -0.25) is 0 Å². The molecule has 0 radical (unpaired) electrons. The van der Waals surface area contributed by atoms with Crippen LogP contribution in [0.15, 0.2) is 24.3 Å². The van der Waals surface area contributed by atoms with Crippen molar-refractivity contribution in [1.82, 2.24) is 5.32 Å². The highest BCUT2D eigenvalue weighted by Crippen LogP contribution is 2.14. The van der Waals surface area contributed by atoms with Gasteiger partial charge in [-0.1, -0.05) is 32.9 Å². The molecule has 2 nitrogen and oxygen atoms in total. The number of benzene rings is 1. The predicted octanol–water partition coefficient (Wildman–Crippen LogP) is 3.21. The van der Waals surface area contributed by atoms with Crippen molar-refractivity contribution in [3.63, 3.8) is 0 Å². The van der Waals surface area contributed by atoms with Gasteiger partial charge >= 0.3 is 0 Å². The van der Waals surface area contributed by atoms with Crippen LogP contribution < -0.4 is 5.32 Å². The first-order valence-electron chi connectivity index (χ1n) is 6.56. The van der Waals surface area contributed by atoms with Crippen LogP contribution in [0.25, 0.3) is 0 Å². The molecule has 2 N–H and O–H groups in total. The molecule has 0 bridgehead atoms. The van der Waals surface area contributed by atoms with Crippen LogP contribution in [0.3, 0.4) is 0 Å². The Kier molecular flexibility index (Phi) is 6.06. The highest BCUT2D eigenvalue weighted by Gasteiger charge is 2.03. The first-order valence-corrected chi connectivity index (χ1v) is 6.56. The summed E-state index contributed by atoms with van der Waals surface area (Å²) in [6.45, 7) is 8.90. The second-order valence-corrected chi connectivity index (χ2v) is 5.37. The molecular weight excluding hydrogens is 210 g/mol. The summed E-state index contributed by atoms with van der Waals surface area (Å²) in [7, 11) is 0. The average molecular weight is 235 g/mol. The summed E-state index contributed by atoms with van der Waals surface area (Å²) in [6, 6.07) is 7.56. The summed E-state index contributed by atoms with van der Waals surface area (Å²) in [5.74, 6) is 1.76. The van der Waals surface area contributed by atoms with Gasteiger partial charge in [0.2, 0.25) is 0 Å². The smallest absolute Gasteiger partial charge is 0.115 e. The maximum absolute atomic E-state index is 9.37. The minimum Gasteiger partial charge on any atom is -0.508 e. The van der Waals surface area contributed by atoms with Crippen LogP contribution in [0.1, 0.15) is 32.8 Å². The van der Waals surface area contributed by atoms with Crippen LogP contribution in [0.5, 0.6) is 5.75 Å². The Morgan fingerprint density at radius 2 is 1.94 bits per heavy atom. The minimum atomic E-state index is 0.369. The van der Waals surface area contributed by atoms with Crippen molar-refractivity contribution in [1.29, 1.82) is 0 Å². The molecule has 0 heterocycles. The van der Waals surface area contributed by atoms with Gasteiger partial charge in [0.1, 0.15) is 5.75 Å².